The zero-order chi connectivity index (χ0) is 17.3. The standard InChI is InChI=1S/C16H31N3O2SSi/c1-16(2,3)23(5,6)21-13-7-9-18(10-8-13)15-19(11-12-22-15)14(20)17-4/h11-13,15H,7-10H2,1-6H3,(H,17,20). The number of urea groups is 1. The summed E-state index contributed by atoms with van der Waals surface area (Å²) in [6, 6.07) is -0.0455. The van der Waals surface area contributed by atoms with E-state index in [-0.39, 0.29) is 16.6 Å². The molecule has 1 atom stereocenters. The molecule has 1 N–H and O–H groups in total. The Balaban J connectivity index is 1.88. The molecule has 0 aromatic heterocycles. The summed E-state index contributed by atoms with van der Waals surface area (Å²) in [5, 5.41) is 4.96. The van der Waals surface area contributed by atoms with Gasteiger partial charge in [0.1, 0.15) is 5.50 Å². The van der Waals surface area contributed by atoms with E-state index in [2.05, 4.69) is 44.1 Å². The van der Waals surface area contributed by atoms with Crippen LogP contribution in [0.25, 0.3) is 0 Å². The van der Waals surface area contributed by atoms with Gasteiger partial charge < -0.3 is 9.74 Å². The third-order valence-corrected chi connectivity index (χ3v) is 10.7. The number of carbonyl (C=O) groups excluding carboxylic acids is 1. The average Bonchev–Trinajstić information content (AvgIpc) is 2.95. The molecule has 1 fully saturated rings. The molecule has 2 heterocycles. The van der Waals surface area contributed by atoms with Crippen molar-refractivity contribution < 1.29 is 9.22 Å². The van der Waals surface area contributed by atoms with Crippen LogP contribution in [0.2, 0.25) is 18.1 Å². The Bertz CT molecular complexity index is 457. The van der Waals surface area contributed by atoms with Crippen LogP contribution in [0.4, 0.5) is 4.79 Å². The lowest BCUT2D eigenvalue weighted by atomic mass is 10.1. The smallest absolute Gasteiger partial charge is 0.323 e. The molecule has 132 valence electrons. The molecule has 0 aliphatic carbocycles. The predicted octanol–water partition coefficient (Wildman–Crippen LogP) is 3.62. The van der Waals surface area contributed by atoms with Crippen molar-refractivity contribution in [2.75, 3.05) is 20.1 Å². The van der Waals surface area contributed by atoms with Gasteiger partial charge in [0, 0.05) is 32.4 Å². The highest BCUT2D eigenvalue weighted by atomic mass is 32.2. The number of nitrogens with zero attached hydrogens (tertiary/aromatic N) is 2. The van der Waals surface area contributed by atoms with Gasteiger partial charge >= 0.3 is 6.03 Å². The van der Waals surface area contributed by atoms with Crippen LogP contribution in [0.3, 0.4) is 0 Å². The largest absolute Gasteiger partial charge is 0.414 e. The molecular weight excluding hydrogens is 326 g/mol. The number of likely N-dealkylation sites (tertiary alicyclic amines) is 1. The van der Waals surface area contributed by atoms with Crippen molar-refractivity contribution >= 4 is 26.1 Å². The number of nitrogens with one attached hydrogen (secondary N) is 1. The molecule has 2 amide bonds. The molecule has 2 aliphatic rings. The maximum atomic E-state index is 11.9. The maximum absolute atomic E-state index is 11.9. The Kier molecular flexibility index (Phi) is 5.87. The summed E-state index contributed by atoms with van der Waals surface area (Å²) in [5.41, 5.74) is 0.0868. The topological polar surface area (TPSA) is 44.8 Å². The first-order valence-electron chi connectivity index (χ1n) is 8.40. The van der Waals surface area contributed by atoms with Crippen LogP contribution in [-0.4, -0.2) is 55.9 Å². The van der Waals surface area contributed by atoms with Gasteiger partial charge in [0.25, 0.3) is 0 Å². The number of carbonyl (C=O) groups is 1. The molecule has 0 aromatic rings. The molecule has 5 nitrogen and oxygen atoms in total. The highest BCUT2D eigenvalue weighted by Crippen LogP contribution is 2.39. The lowest BCUT2D eigenvalue weighted by Gasteiger charge is -2.43. The Morgan fingerprint density at radius 2 is 1.91 bits per heavy atom. The van der Waals surface area contributed by atoms with Gasteiger partial charge in [-0.3, -0.25) is 9.80 Å². The van der Waals surface area contributed by atoms with Gasteiger partial charge in [-0.2, -0.15) is 0 Å². The van der Waals surface area contributed by atoms with E-state index in [1.54, 1.807) is 23.7 Å². The zero-order valence-electron chi connectivity index (χ0n) is 15.3. The summed E-state index contributed by atoms with van der Waals surface area (Å²) in [6.07, 6.45) is 4.32. The minimum Gasteiger partial charge on any atom is -0.414 e. The molecule has 0 saturated carbocycles. The predicted molar refractivity (Wildman–Crippen MR) is 99.7 cm³/mol. The first-order chi connectivity index (χ1) is 10.7. The van der Waals surface area contributed by atoms with E-state index in [1.165, 1.54) is 0 Å². The van der Waals surface area contributed by atoms with Crippen molar-refractivity contribution in [1.29, 1.82) is 0 Å². The first-order valence-corrected chi connectivity index (χ1v) is 12.2. The summed E-state index contributed by atoms with van der Waals surface area (Å²) in [7, 11) is -0.0175. The molecule has 0 spiro atoms. The minimum atomic E-state index is -1.69. The SMILES string of the molecule is CNC(=O)N1C=CSC1N1CCC(O[Si](C)(C)C(C)(C)C)CC1. The molecule has 1 unspecified atom stereocenters. The van der Waals surface area contributed by atoms with Gasteiger partial charge in [-0.1, -0.05) is 32.5 Å². The fourth-order valence-corrected chi connectivity index (χ4v) is 5.12. The van der Waals surface area contributed by atoms with E-state index in [0.29, 0.717) is 6.10 Å². The fourth-order valence-electron chi connectivity index (χ4n) is 2.68. The van der Waals surface area contributed by atoms with Crippen molar-refractivity contribution in [1.82, 2.24) is 15.1 Å². The van der Waals surface area contributed by atoms with E-state index in [9.17, 15) is 4.79 Å². The molecule has 2 aliphatic heterocycles. The summed E-state index contributed by atoms with van der Waals surface area (Å²) >= 11 is 1.70. The fraction of sp³-hybridized carbons (Fsp3) is 0.812. The van der Waals surface area contributed by atoms with Crippen LogP contribution in [0.15, 0.2) is 11.6 Å². The normalized spacial score (nSPS) is 24.3. The van der Waals surface area contributed by atoms with Crippen LogP contribution in [0.5, 0.6) is 0 Å². The summed E-state index contributed by atoms with van der Waals surface area (Å²) < 4.78 is 6.55. The average molecular weight is 358 g/mol. The van der Waals surface area contributed by atoms with Crippen molar-refractivity contribution in [2.45, 2.75) is 63.3 Å². The van der Waals surface area contributed by atoms with Gasteiger partial charge in [-0.15, -0.1) is 0 Å². The second-order valence-corrected chi connectivity index (χ2v) is 13.5. The highest BCUT2D eigenvalue weighted by molar-refractivity contribution is 8.02. The maximum Gasteiger partial charge on any atom is 0.323 e. The lowest BCUT2D eigenvalue weighted by Crippen LogP contribution is -2.52. The third kappa shape index (κ3) is 4.32. The van der Waals surface area contributed by atoms with Crippen LogP contribution in [0.1, 0.15) is 33.6 Å². The van der Waals surface area contributed by atoms with Crippen LogP contribution < -0.4 is 5.32 Å². The number of hydrogen-bond acceptors (Lipinski definition) is 4. The van der Waals surface area contributed by atoms with Crippen molar-refractivity contribution in [2.24, 2.45) is 0 Å². The molecule has 0 bridgehead atoms. The molecule has 2 rings (SSSR count). The number of piperidine rings is 1. The van der Waals surface area contributed by atoms with Crippen molar-refractivity contribution in [3.63, 3.8) is 0 Å². The van der Waals surface area contributed by atoms with Gasteiger partial charge in [0.2, 0.25) is 0 Å². The van der Waals surface area contributed by atoms with E-state index in [1.807, 2.05) is 11.6 Å². The molecular formula is C16H31N3O2SSi. The van der Waals surface area contributed by atoms with Gasteiger partial charge in [0.15, 0.2) is 8.32 Å². The molecule has 7 heteroatoms. The third-order valence-electron chi connectivity index (χ3n) is 5.16. The lowest BCUT2D eigenvalue weighted by molar-refractivity contribution is 0.0626. The monoisotopic (exact) mass is 357 g/mol. The van der Waals surface area contributed by atoms with E-state index in [0.717, 1.165) is 25.9 Å². The summed E-state index contributed by atoms with van der Waals surface area (Å²) in [5.74, 6) is 0. The van der Waals surface area contributed by atoms with Crippen LogP contribution >= 0.6 is 11.8 Å². The Labute approximate surface area is 145 Å². The first kappa shape index (κ1) is 18.8. The highest BCUT2D eigenvalue weighted by Gasteiger charge is 2.40. The zero-order valence-corrected chi connectivity index (χ0v) is 17.1. The van der Waals surface area contributed by atoms with Crippen molar-refractivity contribution in [3.05, 3.63) is 11.6 Å². The second-order valence-electron chi connectivity index (χ2n) is 7.82. The number of amides is 2. The molecule has 1 saturated heterocycles. The van der Waals surface area contributed by atoms with Crippen LogP contribution in [0, 0.1) is 0 Å². The minimum absolute atomic E-state index is 0.0455. The van der Waals surface area contributed by atoms with Gasteiger partial charge in [0.05, 0.1) is 0 Å². The van der Waals surface area contributed by atoms with E-state index >= 15 is 0 Å². The van der Waals surface area contributed by atoms with Gasteiger partial charge in [-0.25, -0.2) is 4.79 Å². The Morgan fingerprint density at radius 3 is 2.43 bits per heavy atom. The second kappa shape index (κ2) is 7.17. The summed E-state index contributed by atoms with van der Waals surface area (Å²) in [4.78, 5) is 16.1. The number of hydrogen-bond donors (Lipinski definition) is 1. The molecule has 23 heavy (non-hydrogen) atoms. The Hall–Kier alpha value is -0.503. The summed E-state index contributed by atoms with van der Waals surface area (Å²) in [6.45, 7) is 13.5. The van der Waals surface area contributed by atoms with E-state index < -0.39 is 8.32 Å². The molecule has 0 aromatic carbocycles. The quantitative estimate of drug-likeness (QED) is 0.784. The Morgan fingerprint density at radius 1 is 1.30 bits per heavy atom. The number of thioether (sulfide) groups is 1. The van der Waals surface area contributed by atoms with Crippen molar-refractivity contribution in [3.8, 4) is 0 Å². The van der Waals surface area contributed by atoms with E-state index in [4.69, 9.17) is 4.43 Å². The number of rotatable bonds is 3. The van der Waals surface area contributed by atoms with Crippen LogP contribution in [-0.2, 0) is 4.43 Å². The van der Waals surface area contributed by atoms with Gasteiger partial charge in [-0.05, 0) is 36.4 Å². The molecule has 0 radical (unpaired) electrons.